The number of anilines is 1. The van der Waals surface area contributed by atoms with Crippen molar-refractivity contribution in [2.45, 2.75) is 25.2 Å². The number of carbonyl (C=O) groups is 2. The molecule has 1 aliphatic rings. The number of aromatic nitrogens is 2. The average Bonchev–Trinajstić information content (AvgIpc) is 3.30. The van der Waals surface area contributed by atoms with Crippen molar-refractivity contribution in [1.29, 1.82) is 0 Å². The van der Waals surface area contributed by atoms with Gasteiger partial charge in [0.25, 0.3) is 0 Å². The standard InChI is InChI=1S/C20H26N4O3.ClH/c1-20(2,19(26)27-4)14-5-7-15(8-6-14)23-18(25)17-11-21-10-16(17)13-9-22-24(3)12-13;/h5-9,12,16-17,21H,10-11H2,1-4H3,(H,23,25);1H/t16-,17+;/m1./s1. The topological polar surface area (TPSA) is 85.2 Å². The molecule has 1 aliphatic heterocycles. The van der Waals surface area contributed by atoms with Gasteiger partial charge in [-0.2, -0.15) is 5.10 Å². The van der Waals surface area contributed by atoms with Crippen LogP contribution in [0.4, 0.5) is 5.69 Å². The number of benzene rings is 1. The fourth-order valence-corrected chi connectivity index (χ4v) is 3.51. The van der Waals surface area contributed by atoms with Crippen molar-refractivity contribution in [1.82, 2.24) is 15.1 Å². The molecule has 3 rings (SSSR count). The molecule has 1 fully saturated rings. The summed E-state index contributed by atoms with van der Waals surface area (Å²) in [6.45, 7) is 5.03. The first-order valence-electron chi connectivity index (χ1n) is 9.02. The van der Waals surface area contributed by atoms with Crippen LogP contribution in [0.1, 0.15) is 30.9 Å². The number of hydrogen-bond donors (Lipinski definition) is 2. The van der Waals surface area contributed by atoms with Crippen molar-refractivity contribution in [2.75, 3.05) is 25.5 Å². The minimum absolute atomic E-state index is 0. The van der Waals surface area contributed by atoms with Gasteiger partial charge in [-0.05, 0) is 37.1 Å². The Morgan fingerprint density at radius 2 is 1.93 bits per heavy atom. The van der Waals surface area contributed by atoms with Crippen molar-refractivity contribution in [3.05, 3.63) is 47.8 Å². The van der Waals surface area contributed by atoms with Gasteiger partial charge in [0, 0.05) is 37.9 Å². The van der Waals surface area contributed by atoms with Crippen molar-refractivity contribution in [2.24, 2.45) is 13.0 Å². The van der Waals surface area contributed by atoms with Crippen LogP contribution in [0.5, 0.6) is 0 Å². The molecule has 1 amide bonds. The Kier molecular flexibility index (Phi) is 6.85. The highest BCUT2D eigenvalue weighted by Crippen LogP contribution is 2.30. The van der Waals surface area contributed by atoms with E-state index < -0.39 is 5.41 Å². The second-order valence-electron chi connectivity index (χ2n) is 7.50. The summed E-state index contributed by atoms with van der Waals surface area (Å²) in [7, 11) is 3.26. The van der Waals surface area contributed by atoms with E-state index in [1.807, 2.05) is 57.6 Å². The third-order valence-electron chi connectivity index (χ3n) is 5.27. The molecule has 28 heavy (non-hydrogen) atoms. The molecule has 1 saturated heterocycles. The van der Waals surface area contributed by atoms with E-state index in [2.05, 4.69) is 15.7 Å². The van der Waals surface area contributed by atoms with Crippen LogP contribution >= 0.6 is 12.4 Å². The number of carbonyl (C=O) groups excluding carboxylic acids is 2. The fourth-order valence-electron chi connectivity index (χ4n) is 3.51. The van der Waals surface area contributed by atoms with Crippen LogP contribution in [-0.4, -0.2) is 41.9 Å². The fraction of sp³-hybridized carbons (Fsp3) is 0.450. The Morgan fingerprint density at radius 3 is 2.50 bits per heavy atom. The van der Waals surface area contributed by atoms with Crippen molar-refractivity contribution < 1.29 is 14.3 Å². The Balaban J connectivity index is 0.00000280. The molecule has 0 spiro atoms. The summed E-state index contributed by atoms with van der Waals surface area (Å²) in [5.74, 6) is -0.360. The van der Waals surface area contributed by atoms with Gasteiger partial charge in [0.2, 0.25) is 5.91 Å². The summed E-state index contributed by atoms with van der Waals surface area (Å²) in [6, 6.07) is 7.33. The number of halogens is 1. The van der Waals surface area contributed by atoms with Crippen molar-refractivity contribution in [3.8, 4) is 0 Å². The van der Waals surface area contributed by atoms with Gasteiger partial charge < -0.3 is 15.4 Å². The van der Waals surface area contributed by atoms with Gasteiger partial charge in [-0.3, -0.25) is 14.3 Å². The maximum Gasteiger partial charge on any atom is 0.315 e. The molecule has 0 radical (unpaired) electrons. The Bertz CT molecular complexity index is 832. The molecule has 1 aromatic heterocycles. The van der Waals surface area contributed by atoms with E-state index in [9.17, 15) is 9.59 Å². The average molecular weight is 407 g/mol. The van der Waals surface area contributed by atoms with Crippen LogP contribution in [0, 0.1) is 5.92 Å². The van der Waals surface area contributed by atoms with Crippen LogP contribution < -0.4 is 10.6 Å². The first kappa shape index (κ1) is 21.9. The van der Waals surface area contributed by atoms with E-state index in [1.165, 1.54) is 7.11 Å². The Hall–Kier alpha value is -2.38. The van der Waals surface area contributed by atoms with Crippen LogP contribution in [0.25, 0.3) is 0 Å². The predicted octanol–water partition coefficient (Wildman–Crippen LogP) is 2.23. The van der Waals surface area contributed by atoms with E-state index in [-0.39, 0.29) is 36.1 Å². The van der Waals surface area contributed by atoms with Gasteiger partial charge in [0.05, 0.1) is 24.6 Å². The monoisotopic (exact) mass is 406 g/mol. The lowest BCUT2D eigenvalue weighted by Crippen LogP contribution is -2.30. The molecule has 0 aliphatic carbocycles. The lowest BCUT2D eigenvalue weighted by atomic mass is 9.84. The summed E-state index contributed by atoms with van der Waals surface area (Å²) in [6.07, 6.45) is 3.78. The van der Waals surface area contributed by atoms with Gasteiger partial charge in [-0.15, -0.1) is 12.4 Å². The second-order valence-corrected chi connectivity index (χ2v) is 7.50. The quantitative estimate of drug-likeness (QED) is 0.744. The van der Waals surface area contributed by atoms with Gasteiger partial charge in [0.1, 0.15) is 0 Å². The second kappa shape index (κ2) is 8.75. The van der Waals surface area contributed by atoms with Crippen molar-refractivity contribution >= 4 is 30.0 Å². The highest BCUT2D eigenvalue weighted by Gasteiger charge is 2.35. The van der Waals surface area contributed by atoms with E-state index >= 15 is 0 Å². The molecule has 8 heteroatoms. The first-order valence-corrected chi connectivity index (χ1v) is 9.02. The molecular weight excluding hydrogens is 380 g/mol. The molecule has 1 aromatic carbocycles. The van der Waals surface area contributed by atoms with E-state index in [0.717, 1.165) is 17.7 Å². The van der Waals surface area contributed by atoms with Crippen molar-refractivity contribution in [3.63, 3.8) is 0 Å². The molecule has 2 atom stereocenters. The Labute approximate surface area is 171 Å². The number of ether oxygens (including phenoxy) is 1. The summed E-state index contributed by atoms with van der Waals surface area (Å²) >= 11 is 0. The van der Waals surface area contributed by atoms with Gasteiger partial charge >= 0.3 is 5.97 Å². The lowest BCUT2D eigenvalue weighted by Gasteiger charge is -2.22. The summed E-state index contributed by atoms with van der Waals surface area (Å²) in [4.78, 5) is 24.7. The number of nitrogens with zero attached hydrogens (tertiary/aromatic N) is 2. The largest absolute Gasteiger partial charge is 0.468 e. The van der Waals surface area contributed by atoms with Gasteiger partial charge in [-0.25, -0.2) is 0 Å². The van der Waals surface area contributed by atoms with Crippen LogP contribution in [0.15, 0.2) is 36.7 Å². The third kappa shape index (κ3) is 4.36. The molecule has 7 nitrogen and oxygen atoms in total. The van der Waals surface area contributed by atoms with Gasteiger partial charge in [-0.1, -0.05) is 12.1 Å². The smallest absolute Gasteiger partial charge is 0.315 e. The van der Waals surface area contributed by atoms with E-state index in [0.29, 0.717) is 12.2 Å². The summed E-state index contributed by atoms with van der Waals surface area (Å²) in [5.41, 5.74) is 1.88. The molecule has 2 heterocycles. The van der Waals surface area contributed by atoms with Crippen LogP contribution in [0.3, 0.4) is 0 Å². The van der Waals surface area contributed by atoms with E-state index in [1.54, 1.807) is 4.68 Å². The summed E-state index contributed by atoms with van der Waals surface area (Å²) < 4.78 is 6.62. The zero-order chi connectivity index (χ0) is 19.6. The van der Waals surface area contributed by atoms with Crippen LogP contribution in [0.2, 0.25) is 0 Å². The Morgan fingerprint density at radius 1 is 1.25 bits per heavy atom. The van der Waals surface area contributed by atoms with Gasteiger partial charge in [0.15, 0.2) is 0 Å². The zero-order valence-electron chi connectivity index (χ0n) is 16.6. The number of hydrogen-bond acceptors (Lipinski definition) is 5. The molecule has 0 saturated carbocycles. The lowest BCUT2D eigenvalue weighted by molar-refractivity contribution is -0.146. The highest BCUT2D eigenvalue weighted by atomic mass is 35.5. The molecule has 2 aromatic rings. The highest BCUT2D eigenvalue weighted by molar-refractivity contribution is 5.93. The molecule has 0 unspecified atom stereocenters. The maximum absolute atomic E-state index is 12.8. The molecular formula is C20H27ClN4O3. The number of esters is 1. The number of nitrogens with one attached hydrogen (secondary N) is 2. The first-order chi connectivity index (χ1) is 12.8. The number of rotatable bonds is 5. The van der Waals surface area contributed by atoms with E-state index in [4.69, 9.17) is 4.74 Å². The summed E-state index contributed by atoms with van der Waals surface area (Å²) in [5, 5.41) is 10.5. The maximum atomic E-state index is 12.8. The zero-order valence-corrected chi connectivity index (χ0v) is 17.4. The normalized spacial score (nSPS) is 19.0. The number of aryl methyl sites for hydroxylation is 1. The minimum atomic E-state index is -0.738. The van der Waals surface area contributed by atoms with Crippen LogP contribution in [-0.2, 0) is 26.8 Å². The number of amides is 1. The number of methoxy groups -OCH3 is 1. The SMILES string of the molecule is COC(=O)C(C)(C)c1ccc(NC(=O)[C@H]2CNC[C@@H]2c2cnn(C)c2)cc1.Cl. The molecule has 152 valence electrons. The minimum Gasteiger partial charge on any atom is -0.468 e. The predicted molar refractivity (Wildman–Crippen MR) is 110 cm³/mol. The third-order valence-corrected chi connectivity index (χ3v) is 5.27. The molecule has 2 N–H and O–H groups in total. The molecule has 0 bridgehead atoms.